The van der Waals surface area contributed by atoms with Crippen molar-refractivity contribution in [2.24, 2.45) is 0 Å². The molecule has 0 fully saturated rings. The van der Waals surface area contributed by atoms with Gasteiger partial charge in [0.1, 0.15) is 11.6 Å². The largest absolute Gasteiger partial charge is 0.484 e. The van der Waals surface area contributed by atoms with Crippen LogP contribution < -0.4 is 15.8 Å². The smallest absolute Gasteiger partial charge is 0.262 e. The first-order valence-electron chi connectivity index (χ1n) is 5.78. The summed E-state index contributed by atoms with van der Waals surface area (Å²) >= 11 is 3.30. The summed E-state index contributed by atoms with van der Waals surface area (Å²) in [7, 11) is 0. The highest BCUT2D eigenvalue weighted by atomic mass is 79.9. The summed E-state index contributed by atoms with van der Waals surface area (Å²) in [6.07, 6.45) is 0. The molecule has 104 valence electrons. The van der Waals surface area contributed by atoms with Gasteiger partial charge in [-0.1, -0.05) is 15.9 Å². The molecule has 0 heterocycles. The van der Waals surface area contributed by atoms with Gasteiger partial charge in [0.15, 0.2) is 6.61 Å². The molecular weight excluding hydrogens is 327 g/mol. The van der Waals surface area contributed by atoms with Gasteiger partial charge in [0.25, 0.3) is 5.91 Å². The molecule has 3 N–H and O–H groups in total. The van der Waals surface area contributed by atoms with Gasteiger partial charge in [-0.25, -0.2) is 4.39 Å². The zero-order chi connectivity index (χ0) is 14.5. The van der Waals surface area contributed by atoms with E-state index in [1.165, 1.54) is 12.1 Å². The minimum absolute atomic E-state index is 0.0386. The first-order chi connectivity index (χ1) is 9.54. The molecule has 2 rings (SSSR count). The number of ether oxygens (including phenoxy) is 1. The number of nitrogen functional groups attached to an aromatic ring is 1. The van der Waals surface area contributed by atoms with Gasteiger partial charge in [-0.05, 0) is 36.4 Å². The molecule has 0 radical (unpaired) electrons. The van der Waals surface area contributed by atoms with E-state index in [4.69, 9.17) is 10.5 Å². The summed E-state index contributed by atoms with van der Waals surface area (Å²) in [4.78, 5) is 11.7. The lowest BCUT2D eigenvalue weighted by atomic mass is 10.3. The number of nitrogens with one attached hydrogen (secondary N) is 1. The second-order valence-corrected chi connectivity index (χ2v) is 4.94. The summed E-state index contributed by atoms with van der Waals surface area (Å²) in [6.45, 7) is -0.209. The van der Waals surface area contributed by atoms with Gasteiger partial charge in [-0.15, -0.1) is 0 Å². The summed E-state index contributed by atoms with van der Waals surface area (Å²) in [5.41, 5.74) is 6.04. The van der Waals surface area contributed by atoms with Crippen LogP contribution in [0, 0.1) is 5.82 Å². The quantitative estimate of drug-likeness (QED) is 0.841. The van der Waals surface area contributed by atoms with E-state index in [0.29, 0.717) is 5.69 Å². The highest BCUT2D eigenvalue weighted by Gasteiger charge is 2.05. The minimum atomic E-state index is -0.573. The molecule has 4 nitrogen and oxygen atoms in total. The van der Waals surface area contributed by atoms with Crippen LogP contribution in [0.1, 0.15) is 0 Å². The monoisotopic (exact) mass is 338 g/mol. The van der Waals surface area contributed by atoms with Crippen molar-refractivity contribution < 1.29 is 13.9 Å². The first-order valence-corrected chi connectivity index (χ1v) is 6.57. The molecule has 0 aromatic heterocycles. The number of carbonyl (C=O) groups is 1. The van der Waals surface area contributed by atoms with Gasteiger partial charge < -0.3 is 15.8 Å². The van der Waals surface area contributed by atoms with Crippen LogP contribution in [0.2, 0.25) is 0 Å². The van der Waals surface area contributed by atoms with E-state index >= 15 is 0 Å². The predicted octanol–water partition coefficient (Wildman–Crippen LogP) is 3.19. The van der Waals surface area contributed by atoms with E-state index in [9.17, 15) is 9.18 Å². The van der Waals surface area contributed by atoms with Crippen molar-refractivity contribution in [3.63, 3.8) is 0 Å². The third-order valence-corrected chi connectivity index (χ3v) is 3.00. The molecule has 0 aliphatic carbocycles. The lowest BCUT2D eigenvalue weighted by molar-refractivity contribution is -0.118. The van der Waals surface area contributed by atoms with Gasteiger partial charge in [0, 0.05) is 16.2 Å². The maximum absolute atomic E-state index is 13.2. The normalized spacial score (nSPS) is 10.1. The Hall–Kier alpha value is -2.08. The molecule has 20 heavy (non-hydrogen) atoms. The van der Waals surface area contributed by atoms with Gasteiger partial charge in [0.05, 0.1) is 5.69 Å². The molecule has 0 bridgehead atoms. The van der Waals surface area contributed by atoms with Crippen molar-refractivity contribution in [1.82, 2.24) is 0 Å². The fraction of sp³-hybridized carbons (Fsp3) is 0.0714. The van der Waals surface area contributed by atoms with Crippen molar-refractivity contribution in [3.05, 3.63) is 52.8 Å². The van der Waals surface area contributed by atoms with Crippen LogP contribution in [0.3, 0.4) is 0 Å². The van der Waals surface area contributed by atoms with Crippen LogP contribution in [0.15, 0.2) is 46.9 Å². The minimum Gasteiger partial charge on any atom is -0.484 e. The SMILES string of the molecule is Nc1ccc(OCC(=O)Nc2ccc(Br)cc2)cc1F. The fourth-order valence-corrected chi connectivity index (χ4v) is 1.74. The number of rotatable bonds is 4. The van der Waals surface area contributed by atoms with E-state index in [0.717, 1.165) is 10.5 Å². The standard InChI is InChI=1S/C14H12BrFN2O2/c15-9-1-3-10(4-2-9)18-14(19)8-20-11-5-6-13(17)12(16)7-11/h1-7H,8,17H2,(H,18,19). The fourth-order valence-electron chi connectivity index (χ4n) is 1.48. The number of hydrogen-bond acceptors (Lipinski definition) is 3. The summed E-state index contributed by atoms with van der Waals surface area (Å²) in [5, 5.41) is 2.66. The molecule has 2 aromatic carbocycles. The Kier molecular flexibility index (Phi) is 4.57. The number of anilines is 2. The average Bonchev–Trinajstić information content (AvgIpc) is 2.43. The van der Waals surface area contributed by atoms with E-state index in [2.05, 4.69) is 21.2 Å². The number of nitrogens with two attached hydrogens (primary N) is 1. The molecule has 1 amide bonds. The number of carbonyl (C=O) groups excluding carboxylic acids is 1. The Morgan fingerprint density at radius 3 is 2.60 bits per heavy atom. The van der Waals surface area contributed by atoms with Gasteiger partial charge in [-0.3, -0.25) is 4.79 Å². The zero-order valence-corrected chi connectivity index (χ0v) is 12.0. The predicted molar refractivity (Wildman–Crippen MR) is 79.1 cm³/mol. The maximum atomic E-state index is 13.2. The summed E-state index contributed by atoms with van der Waals surface area (Å²) < 4.78 is 19.3. The van der Waals surface area contributed by atoms with Crippen LogP contribution in [-0.4, -0.2) is 12.5 Å². The van der Waals surface area contributed by atoms with Crippen LogP contribution >= 0.6 is 15.9 Å². The van der Waals surface area contributed by atoms with Crippen LogP contribution in [0.25, 0.3) is 0 Å². The molecule has 6 heteroatoms. The molecular formula is C14H12BrFN2O2. The molecule has 0 atom stereocenters. The molecule has 0 aliphatic rings. The number of hydrogen-bond donors (Lipinski definition) is 2. The first kappa shape index (κ1) is 14.3. The molecule has 0 saturated carbocycles. The van der Waals surface area contributed by atoms with Crippen LogP contribution in [0.5, 0.6) is 5.75 Å². The van der Waals surface area contributed by atoms with E-state index in [-0.39, 0.29) is 24.0 Å². The second kappa shape index (κ2) is 6.38. The molecule has 0 aliphatic heterocycles. The van der Waals surface area contributed by atoms with Crippen LogP contribution in [-0.2, 0) is 4.79 Å². The number of halogens is 2. The number of amides is 1. The molecule has 2 aromatic rings. The van der Waals surface area contributed by atoms with Crippen LogP contribution in [0.4, 0.5) is 15.8 Å². The third-order valence-electron chi connectivity index (χ3n) is 2.47. The maximum Gasteiger partial charge on any atom is 0.262 e. The summed E-state index contributed by atoms with van der Waals surface area (Å²) in [5.74, 6) is -0.650. The Labute approximate surface area is 123 Å². The van der Waals surface area contributed by atoms with Crippen molar-refractivity contribution in [2.45, 2.75) is 0 Å². The topological polar surface area (TPSA) is 64.3 Å². The van der Waals surface area contributed by atoms with Gasteiger partial charge >= 0.3 is 0 Å². The molecule has 0 spiro atoms. The van der Waals surface area contributed by atoms with Crippen molar-refractivity contribution >= 4 is 33.2 Å². The Morgan fingerprint density at radius 1 is 1.25 bits per heavy atom. The van der Waals surface area contributed by atoms with E-state index in [1.807, 2.05) is 12.1 Å². The lowest BCUT2D eigenvalue weighted by Crippen LogP contribution is -2.20. The van der Waals surface area contributed by atoms with Crippen molar-refractivity contribution in [2.75, 3.05) is 17.7 Å². The molecule has 0 saturated heterocycles. The average molecular weight is 339 g/mol. The van der Waals surface area contributed by atoms with E-state index in [1.54, 1.807) is 12.1 Å². The zero-order valence-electron chi connectivity index (χ0n) is 10.4. The number of benzene rings is 2. The lowest BCUT2D eigenvalue weighted by Gasteiger charge is -2.08. The highest BCUT2D eigenvalue weighted by molar-refractivity contribution is 9.10. The third kappa shape index (κ3) is 3.96. The van der Waals surface area contributed by atoms with Gasteiger partial charge in [0.2, 0.25) is 0 Å². The summed E-state index contributed by atoms with van der Waals surface area (Å²) in [6, 6.07) is 11.2. The molecule has 0 unspecified atom stereocenters. The van der Waals surface area contributed by atoms with Crippen molar-refractivity contribution in [3.8, 4) is 5.75 Å². The Balaban J connectivity index is 1.88. The second-order valence-electron chi connectivity index (χ2n) is 4.03. The Bertz CT molecular complexity index is 617. The Morgan fingerprint density at radius 2 is 1.95 bits per heavy atom. The van der Waals surface area contributed by atoms with E-state index < -0.39 is 5.82 Å². The van der Waals surface area contributed by atoms with Gasteiger partial charge in [-0.2, -0.15) is 0 Å². The highest BCUT2D eigenvalue weighted by Crippen LogP contribution is 2.18. The van der Waals surface area contributed by atoms with Crippen molar-refractivity contribution in [1.29, 1.82) is 0 Å².